The van der Waals surface area contributed by atoms with Gasteiger partial charge in [-0.1, -0.05) is 30.3 Å². The zero-order valence-corrected chi connectivity index (χ0v) is 10.1. The normalized spacial score (nSPS) is 19.7. The summed E-state index contributed by atoms with van der Waals surface area (Å²) in [7, 11) is 0. The third-order valence-electron chi connectivity index (χ3n) is 2.74. The second-order valence-electron chi connectivity index (χ2n) is 4.22. The molecule has 0 spiro atoms. The van der Waals surface area contributed by atoms with Gasteiger partial charge in [0.2, 0.25) is 0 Å². The van der Waals surface area contributed by atoms with E-state index in [2.05, 4.69) is 0 Å². The molecule has 17 heavy (non-hydrogen) atoms. The van der Waals surface area contributed by atoms with Gasteiger partial charge < -0.3 is 15.0 Å². The van der Waals surface area contributed by atoms with Crippen molar-refractivity contribution in [3.05, 3.63) is 64.7 Å². The third-order valence-corrected chi connectivity index (χ3v) is 2.74. The van der Waals surface area contributed by atoms with Crippen LogP contribution in [0, 0.1) is 5.21 Å². The Morgan fingerprint density at radius 2 is 2.00 bits per heavy atom. The molecule has 1 heterocycles. The van der Waals surface area contributed by atoms with E-state index in [1.165, 1.54) is 0 Å². The van der Waals surface area contributed by atoms with Crippen LogP contribution >= 0.6 is 0 Å². The summed E-state index contributed by atoms with van der Waals surface area (Å²) in [6.45, 7) is 4.26. The number of rotatable bonds is 3. The predicted molar refractivity (Wildman–Crippen MR) is 67.7 cm³/mol. The molecule has 90 valence electrons. The van der Waals surface area contributed by atoms with Crippen LogP contribution in [0.3, 0.4) is 0 Å². The summed E-state index contributed by atoms with van der Waals surface area (Å²) in [5, 5.41) is 12.3. The number of ether oxygens (including phenoxy) is 1. The van der Waals surface area contributed by atoms with E-state index in [1.54, 1.807) is 6.20 Å². The van der Waals surface area contributed by atoms with Crippen LogP contribution < -0.4 is 0 Å². The molecular formula is C14H16NO2-. The molecule has 2 rings (SSSR count). The molecule has 1 atom stereocenters. The maximum atomic E-state index is 11.4. The molecule has 0 radical (unpaired) electrons. The van der Waals surface area contributed by atoms with Crippen LogP contribution in [-0.4, -0.2) is 11.1 Å². The molecule has 0 aromatic heterocycles. The Hall–Kier alpha value is -1.74. The molecule has 1 aliphatic heterocycles. The van der Waals surface area contributed by atoms with Gasteiger partial charge in [0, 0.05) is 11.6 Å². The Labute approximate surface area is 102 Å². The molecule has 1 aromatic carbocycles. The monoisotopic (exact) mass is 230 g/mol. The first-order valence-electron chi connectivity index (χ1n) is 5.69. The number of hydrogen-bond donors (Lipinski definition) is 0. The highest BCUT2D eigenvalue weighted by Crippen LogP contribution is 2.21. The lowest BCUT2D eigenvalue weighted by atomic mass is 10.1. The quantitative estimate of drug-likeness (QED) is 0.800. The highest BCUT2D eigenvalue weighted by Gasteiger charge is 2.11. The fraction of sp³-hybridized carbons (Fsp3) is 0.286. The lowest BCUT2D eigenvalue weighted by Crippen LogP contribution is -2.24. The van der Waals surface area contributed by atoms with E-state index >= 15 is 0 Å². The van der Waals surface area contributed by atoms with Gasteiger partial charge in [-0.3, -0.25) is 0 Å². The van der Waals surface area contributed by atoms with Gasteiger partial charge in [0.15, 0.2) is 0 Å². The molecule has 0 fully saturated rings. The minimum absolute atomic E-state index is 0.163. The van der Waals surface area contributed by atoms with Gasteiger partial charge in [0.25, 0.3) is 0 Å². The number of hydrogen-bond acceptors (Lipinski definition) is 3. The van der Waals surface area contributed by atoms with Gasteiger partial charge in [-0.25, -0.2) is 0 Å². The number of allylic oxidation sites excluding steroid dienone is 1. The molecule has 0 saturated carbocycles. The molecular weight excluding hydrogens is 214 g/mol. The zero-order chi connectivity index (χ0) is 12.3. The van der Waals surface area contributed by atoms with Crippen LogP contribution in [0.15, 0.2) is 53.9 Å². The van der Waals surface area contributed by atoms with Crippen molar-refractivity contribution >= 4 is 0 Å². The van der Waals surface area contributed by atoms with Crippen molar-refractivity contribution < 1.29 is 4.74 Å². The third kappa shape index (κ3) is 2.88. The van der Waals surface area contributed by atoms with E-state index < -0.39 is 0 Å². The van der Waals surface area contributed by atoms with Crippen molar-refractivity contribution in [1.82, 2.24) is 5.06 Å². The molecule has 0 aliphatic carbocycles. The maximum Gasteiger partial charge on any atom is 0.122 e. The molecule has 0 saturated heterocycles. The smallest absolute Gasteiger partial charge is 0.122 e. The summed E-state index contributed by atoms with van der Waals surface area (Å²) in [6.07, 6.45) is 3.43. The first kappa shape index (κ1) is 11.7. The van der Waals surface area contributed by atoms with Crippen molar-refractivity contribution in [2.75, 3.05) is 0 Å². The number of nitrogens with zero attached hydrogens (tertiary/aromatic N) is 1. The predicted octanol–water partition coefficient (Wildman–Crippen LogP) is 3.19. The lowest BCUT2D eigenvalue weighted by Gasteiger charge is -2.36. The van der Waals surface area contributed by atoms with Crippen LogP contribution in [-0.2, 0) is 11.3 Å². The molecule has 0 amide bonds. The number of benzene rings is 1. The van der Waals surface area contributed by atoms with Crippen LogP contribution in [0.25, 0.3) is 0 Å². The number of hydroxylamine groups is 2. The molecule has 1 aliphatic rings. The van der Waals surface area contributed by atoms with Crippen LogP contribution in [0.5, 0.6) is 0 Å². The zero-order valence-electron chi connectivity index (χ0n) is 10.1. The van der Waals surface area contributed by atoms with E-state index in [1.807, 2.05) is 50.3 Å². The topological polar surface area (TPSA) is 35.5 Å². The van der Waals surface area contributed by atoms with Gasteiger partial charge in [-0.05, 0) is 31.7 Å². The molecule has 3 nitrogen and oxygen atoms in total. The van der Waals surface area contributed by atoms with Crippen molar-refractivity contribution in [2.24, 2.45) is 0 Å². The average Bonchev–Trinajstić information content (AvgIpc) is 2.33. The highest BCUT2D eigenvalue weighted by atomic mass is 16.5. The molecule has 0 bridgehead atoms. The maximum absolute atomic E-state index is 11.4. The Morgan fingerprint density at radius 3 is 2.71 bits per heavy atom. The van der Waals surface area contributed by atoms with E-state index in [0.717, 1.165) is 22.0 Å². The second kappa shape index (κ2) is 5.06. The summed E-state index contributed by atoms with van der Waals surface area (Å²) in [4.78, 5) is 0. The van der Waals surface area contributed by atoms with Crippen molar-refractivity contribution in [3.63, 3.8) is 0 Å². The Morgan fingerprint density at radius 1 is 1.29 bits per heavy atom. The Balaban J connectivity index is 2.00. The van der Waals surface area contributed by atoms with E-state index in [4.69, 9.17) is 4.74 Å². The summed E-state index contributed by atoms with van der Waals surface area (Å²) >= 11 is 0. The van der Waals surface area contributed by atoms with Crippen LogP contribution in [0.1, 0.15) is 19.4 Å². The van der Waals surface area contributed by atoms with Crippen molar-refractivity contribution in [3.8, 4) is 0 Å². The van der Waals surface area contributed by atoms with Crippen LogP contribution in [0.2, 0.25) is 0 Å². The summed E-state index contributed by atoms with van der Waals surface area (Å²) in [5.74, 6) is 0.799. The van der Waals surface area contributed by atoms with E-state index in [-0.39, 0.29) is 6.04 Å². The van der Waals surface area contributed by atoms with Gasteiger partial charge in [0.05, 0.1) is 0 Å². The summed E-state index contributed by atoms with van der Waals surface area (Å²) in [6, 6.07) is 9.82. The van der Waals surface area contributed by atoms with E-state index in [9.17, 15) is 5.21 Å². The molecule has 1 unspecified atom stereocenters. The summed E-state index contributed by atoms with van der Waals surface area (Å²) < 4.78 is 5.73. The first-order valence-corrected chi connectivity index (χ1v) is 5.69. The fourth-order valence-corrected chi connectivity index (χ4v) is 1.69. The van der Waals surface area contributed by atoms with E-state index in [0.29, 0.717) is 6.61 Å². The largest absolute Gasteiger partial charge is 0.758 e. The van der Waals surface area contributed by atoms with Crippen LogP contribution in [0.4, 0.5) is 0 Å². The molecule has 1 aromatic rings. The SMILES string of the molecule is CC1=CN([O-])C(C)C=C1OCc1ccccc1. The van der Waals surface area contributed by atoms with Gasteiger partial charge >= 0.3 is 0 Å². The Kier molecular flexibility index (Phi) is 3.49. The van der Waals surface area contributed by atoms with Gasteiger partial charge in [-0.2, -0.15) is 0 Å². The Bertz CT molecular complexity index is 437. The van der Waals surface area contributed by atoms with Crippen molar-refractivity contribution in [2.45, 2.75) is 26.5 Å². The minimum atomic E-state index is -0.163. The fourth-order valence-electron chi connectivity index (χ4n) is 1.69. The molecule has 3 heteroatoms. The minimum Gasteiger partial charge on any atom is -0.758 e. The standard InChI is InChI=1S/C14H16NO2/c1-11-9-15(16)12(2)8-14(11)17-10-13-6-4-3-5-7-13/h3-9,12H,10H2,1-2H3/q-1. The van der Waals surface area contributed by atoms with Gasteiger partial charge in [0.1, 0.15) is 12.4 Å². The first-order chi connectivity index (χ1) is 8.16. The highest BCUT2D eigenvalue weighted by molar-refractivity contribution is 5.29. The second-order valence-corrected chi connectivity index (χ2v) is 4.22. The summed E-state index contributed by atoms with van der Waals surface area (Å²) in [5.41, 5.74) is 1.99. The lowest BCUT2D eigenvalue weighted by molar-refractivity contribution is 0.198. The van der Waals surface area contributed by atoms with Gasteiger partial charge in [-0.15, -0.1) is 0 Å². The average molecular weight is 230 g/mol. The molecule has 0 N–H and O–H groups in total. The van der Waals surface area contributed by atoms with Crippen molar-refractivity contribution in [1.29, 1.82) is 0 Å².